The van der Waals surface area contributed by atoms with Gasteiger partial charge in [-0.1, -0.05) is 87.5 Å². The molecule has 0 bridgehead atoms. The Balaban J connectivity index is 1.13. The maximum Gasteiger partial charge on any atom is 0.414 e. The van der Waals surface area contributed by atoms with Crippen LogP contribution in [0.5, 0.6) is 0 Å². The number of anilines is 1. The van der Waals surface area contributed by atoms with Gasteiger partial charge in [0.2, 0.25) is 5.91 Å². The van der Waals surface area contributed by atoms with Crippen LogP contribution in [-0.4, -0.2) is 51.1 Å². The van der Waals surface area contributed by atoms with Crippen molar-refractivity contribution in [3.63, 3.8) is 0 Å². The summed E-state index contributed by atoms with van der Waals surface area (Å²) in [6.07, 6.45) is 4.35. The molecule has 218 valence electrons. The van der Waals surface area contributed by atoms with E-state index in [-0.39, 0.29) is 17.0 Å². The summed E-state index contributed by atoms with van der Waals surface area (Å²) < 4.78 is 12.6. The van der Waals surface area contributed by atoms with Gasteiger partial charge in [0, 0.05) is 13.5 Å². The van der Waals surface area contributed by atoms with E-state index in [1.54, 1.807) is 11.1 Å². The highest BCUT2D eigenvalue weighted by molar-refractivity contribution is 6.99. The standard InChI is InChI=1S/C34H39N3O4Si/c1-23(38)35-20-26-21-37(33(39)41-26)25-15-16-32(36-19-25)24-17-29-30(18-24)31(29)22-40-42(34(2,3)4,27-11-7-5-8-12-27)28-13-9-6-10-14-28/h5-17,19,26,29-31H,18,20-22H2,1-4H3,(H,35,38)/t26-,29?,30?,31?/m0/s1. The average Bonchev–Trinajstić information content (AvgIpc) is 3.27. The fourth-order valence-corrected chi connectivity index (χ4v) is 11.4. The maximum absolute atomic E-state index is 12.4. The molecule has 7 nitrogen and oxygen atoms in total. The van der Waals surface area contributed by atoms with Gasteiger partial charge in [0.25, 0.3) is 8.32 Å². The number of carbonyl (C=O) groups excluding carboxylic acids is 2. The van der Waals surface area contributed by atoms with Crippen molar-refractivity contribution in [3.8, 4) is 0 Å². The zero-order valence-electron chi connectivity index (χ0n) is 24.7. The molecule has 2 aromatic carbocycles. The first-order valence-electron chi connectivity index (χ1n) is 14.8. The second kappa shape index (κ2) is 11.2. The molecule has 2 fully saturated rings. The molecule has 1 saturated heterocycles. The smallest absolute Gasteiger partial charge is 0.414 e. The molecule has 0 radical (unpaired) electrons. The topological polar surface area (TPSA) is 80.8 Å². The van der Waals surface area contributed by atoms with Crippen molar-refractivity contribution in [1.29, 1.82) is 0 Å². The van der Waals surface area contributed by atoms with Gasteiger partial charge in [-0.15, -0.1) is 0 Å². The van der Waals surface area contributed by atoms with Gasteiger partial charge in [0.05, 0.1) is 30.7 Å². The number of benzene rings is 2. The lowest BCUT2D eigenvalue weighted by Gasteiger charge is -2.43. The van der Waals surface area contributed by atoms with Crippen molar-refractivity contribution in [1.82, 2.24) is 10.3 Å². The lowest BCUT2D eigenvalue weighted by molar-refractivity contribution is -0.119. The van der Waals surface area contributed by atoms with E-state index in [9.17, 15) is 9.59 Å². The molecule has 3 aromatic rings. The first kappa shape index (κ1) is 28.4. The van der Waals surface area contributed by atoms with Crippen molar-refractivity contribution in [2.75, 3.05) is 24.6 Å². The Hall–Kier alpha value is -3.75. The molecule has 2 heterocycles. The summed E-state index contributed by atoms with van der Waals surface area (Å²) in [5.41, 5.74) is 2.93. The number of allylic oxidation sites excluding steroid dienone is 2. The van der Waals surface area contributed by atoms with Crippen LogP contribution in [0.25, 0.3) is 5.57 Å². The molecule has 2 amide bonds. The van der Waals surface area contributed by atoms with Crippen molar-refractivity contribution in [3.05, 3.63) is 90.8 Å². The lowest BCUT2D eigenvalue weighted by atomic mass is 10.1. The summed E-state index contributed by atoms with van der Waals surface area (Å²) >= 11 is 0. The zero-order chi connectivity index (χ0) is 29.5. The number of ether oxygens (including phenoxy) is 1. The summed E-state index contributed by atoms with van der Waals surface area (Å²) in [6.45, 7) is 9.88. The van der Waals surface area contributed by atoms with Crippen LogP contribution in [0.4, 0.5) is 10.5 Å². The summed E-state index contributed by atoms with van der Waals surface area (Å²) in [7, 11) is -2.54. The Bertz CT molecular complexity index is 1430. The summed E-state index contributed by atoms with van der Waals surface area (Å²) in [4.78, 5) is 29.8. The summed E-state index contributed by atoms with van der Waals surface area (Å²) in [5.74, 6) is 1.48. The van der Waals surface area contributed by atoms with E-state index in [1.165, 1.54) is 22.9 Å². The van der Waals surface area contributed by atoms with Crippen molar-refractivity contribution >= 4 is 42.0 Å². The third-order valence-corrected chi connectivity index (χ3v) is 14.0. The van der Waals surface area contributed by atoms with E-state index in [4.69, 9.17) is 14.1 Å². The highest BCUT2D eigenvalue weighted by Crippen LogP contribution is 2.58. The highest BCUT2D eigenvalue weighted by Gasteiger charge is 2.56. The molecule has 3 unspecified atom stereocenters. The van der Waals surface area contributed by atoms with Gasteiger partial charge in [0.15, 0.2) is 0 Å². The maximum atomic E-state index is 12.4. The monoisotopic (exact) mass is 581 g/mol. The fraction of sp³-hybridized carbons (Fsp3) is 0.382. The third kappa shape index (κ3) is 5.29. The van der Waals surface area contributed by atoms with E-state index in [2.05, 4.69) is 92.8 Å². The number of nitrogens with zero attached hydrogens (tertiary/aromatic N) is 2. The molecule has 1 aromatic heterocycles. The highest BCUT2D eigenvalue weighted by atomic mass is 28.4. The lowest BCUT2D eigenvalue weighted by Crippen LogP contribution is -2.66. The van der Waals surface area contributed by atoms with Crippen LogP contribution in [0, 0.1) is 17.8 Å². The molecule has 2 aliphatic carbocycles. The molecule has 4 atom stereocenters. The number of cyclic esters (lactones) is 1. The number of pyridine rings is 1. The van der Waals surface area contributed by atoms with Crippen LogP contribution in [0.2, 0.25) is 5.04 Å². The van der Waals surface area contributed by atoms with E-state index < -0.39 is 14.4 Å². The minimum atomic E-state index is -2.54. The van der Waals surface area contributed by atoms with E-state index in [0.717, 1.165) is 18.7 Å². The Morgan fingerprint density at radius 3 is 2.24 bits per heavy atom. The number of carbonyl (C=O) groups is 2. The van der Waals surface area contributed by atoms with Gasteiger partial charge in [0.1, 0.15) is 6.10 Å². The van der Waals surface area contributed by atoms with Gasteiger partial charge in [-0.2, -0.15) is 0 Å². The van der Waals surface area contributed by atoms with E-state index in [0.29, 0.717) is 36.5 Å². The van der Waals surface area contributed by atoms with Gasteiger partial charge >= 0.3 is 6.09 Å². The molecule has 42 heavy (non-hydrogen) atoms. The van der Waals surface area contributed by atoms with E-state index >= 15 is 0 Å². The van der Waals surface area contributed by atoms with Gasteiger partial charge < -0.3 is 14.5 Å². The number of hydrogen-bond acceptors (Lipinski definition) is 5. The van der Waals surface area contributed by atoms with Crippen molar-refractivity contribution < 1.29 is 18.8 Å². The molecule has 1 saturated carbocycles. The Morgan fingerprint density at radius 2 is 1.71 bits per heavy atom. The first-order chi connectivity index (χ1) is 20.2. The zero-order valence-corrected chi connectivity index (χ0v) is 25.7. The molecule has 1 N–H and O–H groups in total. The Kier molecular flexibility index (Phi) is 7.53. The number of nitrogens with one attached hydrogen (secondary N) is 1. The molecule has 8 heteroatoms. The predicted octanol–water partition coefficient (Wildman–Crippen LogP) is 4.77. The van der Waals surface area contributed by atoms with Crippen LogP contribution in [0.15, 0.2) is 85.1 Å². The molecule has 6 rings (SSSR count). The van der Waals surface area contributed by atoms with Crippen molar-refractivity contribution in [2.45, 2.75) is 45.3 Å². The molecule has 3 aliphatic rings. The number of rotatable bonds is 9. The van der Waals surface area contributed by atoms with Crippen molar-refractivity contribution in [2.24, 2.45) is 17.8 Å². The second-order valence-corrected chi connectivity index (χ2v) is 17.0. The predicted molar refractivity (Wildman–Crippen MR) is 167 cm³/mol. The summed E-state index contributed by atoms with van der Waals surface area (Å²) in [6, 6.07) is 25.6. The third-order valence-electron chi connectivity index (χ3n) is 9.00. The second-order valence-electron chi connectivity index (χ2n) is 12.7. The molecular weight excluding hydrogens is 542 g/mol. The number of amides is 2. The number of hydrogen-bond donors (Lipinski definition) is 1. The Morgan fingerprint density at radius 1 is 1.05 bits per heavy atom. The molecule has 0 spiro atoms. The van der Waals surface area contributed by atoms with Crippen LogP contribution in [-0.2, 0) is 14.0 Å². The summed E-state index contributed by atoms with van der Waals surface area (Å²) in [5, 5.41) is 5.31. The van der Waals surface area contributed by atoms with Gasteiger partial charge in [-0.05, 0) is 57.3 Å². The van der Waals surface area contributed by atoms with Crippen LogP contribution in [0.3, 0.4) is 0 Å². The van der Waals surface area contributed by atoms with Crippen LogP contribution in [0.1, 0.15) is 39.8 Å². The molecular formula is C34H39N3O4Si. The fourth-order valence-electron chi connectivity index (χ4n) is 6.80. The van der Waals surface area contributed by atoms with Crippen LogP contribution >= 0.6 is 0 Å². The minimum absolute atomic E-state index is 0.0297. The number of fused-ring (bicyclic) bond motifs is 1. The normalized spacial score (nSPS) is 23.3. The largest absolute Gasteiger partial charge is 0.442 e. The minimum Gasteiger partial charge on any atom is -0.442 e. The van der Waals surface area contributed by atoms with Gasteiger partial charge in [-0.25, -0.2) is 4.79 Å². The Labute approximate surface area is 249 Å². The SMILES string of the molecule is CC(=O)NC[C@H]1CN(c2ccc(C3=CC4C(CO[Si](c5ccccc5)(c5ccccc5)C(C)(C)C)C4C3)nc2)C(=O)O1. The van der Waals surface area contributed by atoms with E-state index in [1.807, 2.05) is 12.1 Å². The quantitative estimate of drug-likeness (QED) is 0.369. The average molecular weight is 582 g/mol. The van der Waals surface area contributed by atoms with Gasteiger partial charge in [-0.3, -0.25) is 14.7 Å². The first-order valence-corrected chi connectivity index (χ1v) is 16.7. The molecule has 1 aliphatic heterocycles. The van der Waals surface area contributed by atoms with Crippen LogP contribution < -0.4 is 20.6 Å². The number of aromatic nitrogens is 1.